The zero-order valence-electron chi connectivity index (χ0n) is 15.3. The molecule has 1 aromatic rings. The second-order valence-corrected chi connectivity index (χ2v) is 7.20. The molecule has 24 heavy (non-hydrogen) atoms. The highest BCUT2D eigenvalue weighted by Crippen LogP contribution is 2.24. The summed E-state index contributed by atoms with van der Waals surface area (Å²) >= 11 is 2.06. The number of pyridine rings is 1. The van der Waals surface area contributed by atoms with Gasteiger partial charge >= 0.3 is 0 Å². The van der Waals surface area contributed by atoms with Gasteiger partial charge in [0, 0.05) is 48.5 Å². The molecule has 1 aliphatic heterocycles. The molecule has 0 saturated carbocycles. The van der Waals surface area contributed by atoms with Gasteiger partial charge in [0.25, 0.3) is 0 Å². The van der Waals surface area contributed by atoms with Crippen molar-refractivity contribution in [2.24, 2.45) is 4.99 Å². The normalized spacial score (nSPS) is 18.1. The highest BCUT2D eigenvalue weighted by atomic mass is 127. The molecule has 0 aromatic carbocycles. The number of aryl methyl sites for hydroxylation is 1. The third kappa shape index (κ3) is 5.15. The first kappa shape index (κ1) is 21.3. The number of rotatable bonds is 4. The van der Waals surface area contributed by atoms with E-state index in [0.29, 0.717) is 11.8 Å². The molecule has 2 rings (SSSR count). The number of thioether (sulfide) groups is 1. The Morgan fingerprint density at radius 2 is 2.25 bits per heavy atom. The van der Waals surface area contributed by atoms with E-state index in [1.807, 2.05) is 20.2 Å². The minimum Gasteiger partial charge on any atom is -0.496 e. The van der Waals surface area contributed by atoms with Gasteiger partial charge in [0.2, 0.25) is 0 Å². The van der Waals surface area contributed by atoms with Crippen LogP contribution in [0.1, 0.15) is 30.2 Å². The third-order valence-electron chi connectivity index (χ3n) is 4.27. The fourth-order valence-electron chi connectivity index (χ4n) is 2.90. The van der Waals surface area contributed by atoms with E-state index in [2.05, 4.69) is 45.8 Å². The van der Waals surface area contributed by atoms with Gasteiger partial charge in [-0.05, 0) is 20.3 Å². The number of halogens is 1. The summed E-state index contributed by atoms with van der Waals surface area (Å²) in [6.07, 6.45) is 3.07. The lowest BCUT2D eigenvalue weighted by atomic mass is 10.1. The number of nitrogens with one attached hydrogen (secondary N) is 1. The van der Waals surface area contributed by atoms with Gasteiger partial charge in [-0.25, -0.2) is 0 Å². The zero-order chi connectivity index (χ0) is 16.8. The maximum absolute atomic E-state index is 5.48. The largest absolute Gasteiger partial charge is 0.496 e. The highest BCUT2D eigenvalue weighted by Gasteiger charge is 2.21. The summed E-state index contributed by atoms with van der Waals surface area (Å²) in [7, 11) is 3.56. The molecule has 1 aromatic heterocycles. The molecule has 1 N–H and O–H groups in total. The molecule has 136 valence electrons. The standard InChI is InChI=1S/C17H28N4OS.HI/c1-6-14-11-21(7-8-23-14)17(18-4)20-10-15-13(3)16(22-5)12(2)9-19-15;/h9,14H,6-8,10-11H2,1-5H3,(H,18,20);1H. The van der Waals surface area contributed by atoms with Crippen molar-refractivity contribution in [1.82, 2.24) is 15.2 Å². The van der Waals surface area contributed by atoms with Crippen molar-refractivity contribution in [1.29, 1.82) is 0 Å². The molecule has 1 saturated heterocycles. The number of nitrogens with zero attached hydrogens (tertiary/aromatic N) is 3. The second-order valence-electron chi connectivity index (χ2n) is 5.79. The van der Waals surface area contributed by atoms with Crippen LogP contribution in [-0.4, -0.2) is 54.1 Å². The average Bonchev–Trinajstić information content (AvgIpc) is 2.58. The van der Waals surface area contributed by atoms with Gasteiger partial charge in [-0.1, -0.05) is 6.92 Å². The summed E-state index contributed by atoms with van der Waals surface area (Å²) in [6.45, 7) is 9.10. The smallest absolute Gasteiger partial charge is 0.194 e. The summed E-state index contributed by atoms with van der Waals surface area (Å²) in [6, 6.07) is 0. The lowest BCUT2D eigenvalue weighted by Gasteiger charge is -2.34. The van der Waals surface area contributed by atoms with Crippen molar-refractivity contribution in [3.8, 4) is 5.75 Å². The first-order valence-electron chi connectivity index (χ1n) is 8.16. The van der Waals surface area contributed by atoms with Crippen molar-refractivity contribution in [3.05, 3.63) is 23.0 Å². The van der Waals surface area contributed by atoms with Crippen LogP contribution < -0.4 is 10.1 Å². The monoisotopic (exact) mass is 464 g/mol. The van der Waals surface area contributed by atoms with E-state index in [0.717, 1.165) is 47.4 Å². The Morgan fingerprint density at radius 3 is 2.88 bits per heavy atom. The molecule has 1 atom stereocenters. The summed E-state index contributed by atoms with van der Waals surface area (Å²) in [5, 5.41) is 4.16. The molecule has 0 aliphatic carbocycles. The van der Waals surface area contributed by atoms with E-state index in [9.17, 15) is 0 Å². The number of aliphatic imine (C=N–C) groups is 1. The van der Waals surface area contributed by atoms with Gasteiger partial charge in [-0.3, -0.25) is 9.98 Å². The van der Waals surface area contributed by atoms with Crippen molar-refractivity contribution in [3.63, 3.8) is 0 Å². The number of aromatic nitrogens is 1. The first-order valence-corrected chi connectivity index (χ1v) is 9.21. The number of guanidine groups is 1. The Balaban J connectivity index is 0.00000288. The van der Waals surface area contributed by atoms with E-state index >= 15 is 0 Å². The van der Waals surface area contributed by atoms with E-state index in [4.69, 9.17) is 4.74 Å². The summed E-state index contributed by atoms with van der Waals surface area (Å²) < 4.78 is 5.48. The van der Waals surface area contributed by atoms with Gasteiger partial charge in [-0.15, -0.1) is 24.0 Å². The van der Waals surface area contributed by atoms with Crippen LogP contribution in [0.4, 0.5) is 0 Å². The number of methoxy groups -OCH3 is 1. The van der Waals surface area contributed by atoms with Crippen LogP contribution in [0.3, 0.4) is 0 Å². The summed E-state index contributed by atoms with van der Waals surface area (Å²) in [4.78, 5) is 11.3. The van der Waals surface area contributed by atoms with E-state index in [-0.39, 0.29) is 24.0 Å². The predicted molar refractivity (Wildman–Crippen MR) is 114 cm³/mol. The van der Waals surface area contributed by atoms with Crippen LogP contribution in [0.5, 0.6) is 5.75 Å². The first-order chi connectivity index (χ1) is 11.1. The van der Waals surface area contributed by atoms with Crippen LogP contribution in [0.15, 0.2) is 11.2 Å². The van der Waals surface area contributed by atoms with E-state index in [1.54, 1.807) is 7.11 Å². The van der Waals surface area contributed by atoms with Crippen LogP contribution in [0.2, 0.25) is 0 Å². The average molecular weight is 464 g/mol. The maximum Gasteiger partial charge on any atom is 0.194 e. The Morgan fingerprint density at radius 1 is 1.50 bits per heavy atom. The lowest BCUT2D eigenvalue weighted by molar-refractivity contribution is 0.403. The highest BCUT2D eigenvalue weighted by molar-refractivity contribution is 14.0. The Hall–Kier alpha value is -0.700. The Kier molecular flexibility index (Phi) is 9.18. The van der Waals surface area contributed by atoms with Crippen LogP contribution in [0, 0.1) is 13.8 Å². The molecule has 0 spiro atoms. The Labute approximate surface area is 167 Å². The van der Waals surface area contributed by atoms with E-state index < -0.39 is 0 Å². The fraction of sp³-hybridized carbons (Fsp3) is 0.647. The van der Waals surface area contributed by atoms with Crippen LogP contribution in [0.25, 0.3) is 0 Å². The number of hydrogen-bond donors (Lipinski definition) is 1. The molecule has 2 heterocycles. The minimum atomic E-state index is 0. The molecule has 0 bridgehead atoms. The second kappa shape index (κ2) is 10.3. The topological polar surface area (TPSA) is 49.8 Å². The molecule has 0 radical (unpaired) electrons. The molecule has 1 aliphatic rings. The van der Waals surface area contributed by atoms with Crippen molar-refractivity contribution >= 4 is 41.7 Å². The van der Waals surface area contributed by atoms with Gasteiger partial charge in [0.15, 0.2) is 5.96 Å². The molecular weight excluding hydrogens is 435 g/mol. The maximum atomic E-state index is 5.48. The van der Waals surface area contributed by atoms with Crippen LogP contribution >= 0.6 is 35.7 Å². The van der Waals surface area contributed by atoms with Gasteiger partial charge in [-0.2, -0.15) is 11.8 Å². The molecule has 1 unspecified atom stereocenters. The van der Waals surface area contributed by atoms with E-state index in [1.165, 1.54) is 6.42 Å². The SMILES string of the molecule is CCC1CN(C(=NC)NCc2ncc(C)c(OC)c2C)CCS1.I. The van der Waals surface area contributed by atoms with Crippen molar-refractivity contribution in [2.75, 3.05) is 33.0 Å². The molecule has 7 heteroatoms. The predicted octanol–water partition coefficient (Wildman–Crippen LogP) is 3.23. The van der Waals surface area contributed by atoms with Gasteiger partial charge < -0.3 is 15.0 Å². The molecule has 0 amide bonds. The lowest BCUT2D eigenvalue weighted by Crippen LogP contribution is -2.47. The zero-order valence-corrected chi connectivity index (χ0v) is 18.4. The van der Waals surface area contributed by atoms with Crippen LogP contribution in [-0.2, 0) is 6.54 Å². The third-order valence-corrected chi connectivity index (χ3v) is 5.64. The quantitative estimate of drug-likeness (QED) is 0.421. The Bertz CT molecular complexity index is 568. The van der Waals surface area contributed by atoms with Crippen molar-refractivity contribution < 1.29 is 4.74 Å². The molecule has 5 nitrogen and oxygen atoms in total. The number of hydrogen-bond acceptors (Lipinski definition) is 4. The van der Waals surface area contributed by atoms with Gasteiger partial charge in [0.1, 0.15) is 5.75 Å². The van der Waals surface area contributed by atoms with Gasteiger partial charge in [0.05, 0.1) is 19.3 Å². The minimum absolute atomic E-state index is 0. The molecular formula is C17H29IN4OS. The molecule has 1 fully saturated rings. The number of ether oxygens (including phenoxy) is 1. The summed E-state index contributed by atoms with van der Waals surface area (Å²) in [5.41, 5.74) is 3.17. The summed E-state index contributed by atoms with van der Waals surface area (Å²) in [5.74, 6) is 3.05. The van der Waals surface area contributed by atoms with Crippen molar-refractivity contribution in [2.45, 2.75) is 39.0 Å². The fourth-order valence-corrected chi connectivity index (χ4v) is 4.08.